The zero-order valence-electron chi connectivity index (χ0n) is 8.73. The molecule has 0 radical (unpaired) electrons. The van der Waals surface area contributed by atoms with Gasteiger partial charge in [0.2, 0.25) is 0 Å². The number of hydrogen-bond acceptors (Lipinski definition) is 3. The van der Waals surface area contributed by atoms with E-state index in [-0.39, 0.29) is 11.3 Å². The number of carboxylic acid groups (broad SMARTS) is 1. The van der Waals surface area contributed by atoms with E-state index in [1.807, 2.05) is 0 Å². The van der Waals surface area contributed by atoms with Crippen molar-refractivity contribution < 1.29 is 18.7 Å². The van der Waals surface area contributed by atoms with Crippen LogP contribution < -0.4 is 0 Å². The molecule has 7 heteroatoms. The first-order valence-electron chi connectivity index (χ1n) is 4.77. The van der Waals surface area contributed by atoms with Gasteiger partial charge in [0.05, 0.1) is 4.88 Å². The quantitative estimate of drug-likeness (QED) is 0.915. The molecular weight excluding hydrogens is 328 g/mol. The first kappa shape index (κ1) is 13.1. The fourth-order valence-electron chi connectivity index (χ4n) is 1.45. The Morgan fingerprint density at radius 2 is 2.17 bits per heavy atom. The van der Waals surface area contributed by atoms with Crippen molar-refractivity contribution in [1.82, 2.24) is 4.98 Å². The van der Waals surface area contributed by atoms with Crippen LogP contribution in [0.1, 0.15) is 22.5 Å². The monoisotopic (exact) mass is 333 g/mol. The molecule has 0 fully saturated rings. The molecule has 1 N–H and O–H groups in total. The average molecular weight is 334 g/mol. The van der Waals surface area contributed by atoms with Gasteiger partial charge in [-0.05, 0) is 27.6 Å². The average Bonchev–Trinajstić information content (AvgIpc) is 2.72. The third-order valence-electron chi connectivity index (χ3n) is 2.20. The number of halogens is 3. The summed E-state index contributed by atoms with van der Waals surface area (Å²) in [7, 11) is 0. The summed E-state index contributed by atoms with van der Waals surface area (Å²) < 4.78 is 25.6. The maximum Gasteiger partial charge on any atom is 0.356 e. The molecule has 0 spiro atoms. The number of carboxylic acids is 1. The largest absolute Gasteiger partial charge is 0.476 e. The van der Waals surface area contributed by atoms with E-state index in [9.17, 15) is 13.6 Å². The molecule has 0 aliphatic carbocycles. The van der Waals surface area contributed by atoms with Gasteiger partial charge >= 0.3 is 5.97 Å². The third-order valence-corrected chi connectivity index (χ3v) is 3.76. The number of hydrogen-bond donors (Lipinski definition) is 1. The minimum Gasteiger partial charge on any atom is -0.476 e. The zero-order valence-corrected chi connectivity index (χ0v) is 11.1. The van der Waals surface area contributed by atoms with Crippen molar-refractivity contribution in [3.8, 4) is 10.4 Å². The number of aromatic nitrogens is 1. The van der Waals surface area contributed by atoms with Gasteiger partial charge in [0.25, 0.3) is 6.43 Å². The van der Waals surface area contributed by atoms with Crippen LogP contribution in [0.25, 0.3) is 10.4 Å². The van der Waals surface area contributed by atoms with Crippen molar-refractivity contribution >= 4 is 33.2 Å². The minimum absolute atomic E-state index is 0.140. The molecular formula is C11H6BrF2NO2S. The third kappa shape index (κ3) is 2.56. The number of rotatable bonds is 3. The van der Waals surface area contributed by atoms with Gasteiger partial charge in [-0.1, -0.05) is 18.2 Å². The van der Waals surface area contributed by atoms with Crippen LogP contribution in [-0.2, 0) is 0 Å². The lowest BCUT2D eigenvalue weighted by molar-refractivity contribution is 0.0692. The molecule has 0 saturated carbocycles. The Bertz CT molecular complexity index is 600. The predicted octanol–water partition coefficient (Wildman–Crippen LogP) is 4.21. The number of benzene rings is 1. The van der Waals surface area contributed by atoms with Crippen molar-refractivity contribution in [1.29, 1.82) is 0 Å². The SMILES string of the molecule is O=C(O)c1nc(Br)sc1-c1cccc(C(F)F)c1. The van der Waals surface area contributed by atoms with Crippen molar-refractivity contribution in [3.63, 3.8) is 0 Å². The van der Waals surface area contributed by atoms with Crippen molar-refractivity contribution in [2.45, 2.75) is 6.43 Å². The summed E-state index contributed by atoms with van der Waals surface area (Å²) in [6.07, 6.45) is -2.59. The van der Waals surface area contributed by atoms with E-state index in [1.54, 1.807) is 6.07 Å². The predicted molar refractivity (Wildman–Crippen MR) is 67.2 cm³/mol. The van der Waals surface area contributed by atoms with Crippen LogP contribution in [0.2, 0.25) is 0 Å². The second-order valence-corrected chi connectivity index (χ2v) is 5.65. The van der Waals surface area contributed by atoms with Crippen LogP contribution in [0.15, 0.2) is 28.2 Å². The molecule has 0 amide bonds. The van der Waals surface area contributed by atoms with Crippen molar-refractivity contribution in [3.05, 3.63) is 39.4 Å². The van der Waals surface area contributed by atoms with Crippen LogP contribution in [0.4, 0.5) is 8.78 Å². The Balaban J connectivity index is 2.54. The van der Waals surface area contributed by atoms with Crippen LogP contribution in [0, 0.1) is 0 Å². The molecule has 0 saturated heterocycles. The summed E-state index contributed by atoms with van der Waals surface area (Å²) in [6.45, 7) is 0. The smallest absolute Gasteiger partial charge is 0.356 e. The van der Waals surface area contributed by atoms with Crippen LogP contribution in [0.3, 0.4) is 0 Å². The van der Waals surface area contributed by atoms with Crippen LogP contribution in [0.5, 0.6) is 0 Å². The highest BCUT2D eigenvalue weighted by Gasteiger charge is 2.19. The van der Waals surface area contributed by atoms with E-state index in [0.29, 0.717) is 14.4 Å². The lowest BCUT2D eigenvalue weighted by Crippen LogP contribution is -1.98. The van der Waals surface area contributed by atoms with Gasteiger partial charge in [0, 0.05) is 5.56 Å². The second kappa shape index (κ2) is 5.11. The summed E-state index contributed by atoms with van der Waals surface area (Å²) in [5.41, 5.74) is 0.139. The molecule has 18 heavy (non-hydrogen) atoms. The summed E-state index contributed by atoms with van der Waals surface area (Å²) in [5, 5.41) is 8.99. The Morgan fingerprint density at radius 1 is 1.44 bits per heavy atom. The normalized spacial score (nSPS) is 10.9. The molecule has 3 nitrogen and oxygen atoms in total. The Hall–Kier alpha value is -1.34. The summed E-state index contributed by atoms with van der Waals surface area (Å²) >= 11 is 4.19. The Labute approximate surface area is 113 Å². The van der Waals surface area contributed by atoms with Gasteiger partial charge in [0.15, 0.2) is 9.61 Å². The standard InChI is InChI=1S/C11H6BrF2NO2S/c12-11-15-7(10(16)17)8(18-11)5-2-1-3-6(4-5)9(13)14/h1-4,9H,(H,16,17). The first-order valence-corrected chi connectivity index (χ1v) is 6.38. The molecule has 2 aromatic rings. The molecule has 0 atom stereocenters. The summed E-state index contributed by atoms with van der Waals surface area (Å²) in [4.78, 5) is 15.2. The molecule has 1 aromatic carbocycles. The summed E-state index contributed by atoms with van der Waals surface area (Å²) in [5.74, 6) is -1.19. The van der Waals surface area contributed by atoms with Gasteiger partial charge in [-0.3, -0.25) is 0 Å². The van der Waals surface area contributed by atoms with Crippen molar-refractivity contribution in [2.75, 3.05) is 0 Å². The van der Waals surface area contributed by atoms with Gasteiger partial charge in [-0.2, -0.15) is 0 Å². The number of alkyl halides is 2. The first-order chi connectivity index (χ1) is 8.49. The van der Waals surface area contributed by atoms with E-state index in [0.717, 1.165) is 11.3 Å². The fourth-order valence-corrected chi connectivity index (χ4v) is 2.89. The van der Waals surface area contributed by atoms with E-state index in [4.69, 9.17) is 5.11 Å². The molecule has 94 valence electrons. The number of thiazole rings is 1. The summed E-state index contributed by atoms with van der Waals surface area (Å²) in [6, 6.07) is 5.62. The van der Waals surface area contributed by atoms with E-state index in [1.165, 1.54) is 18.2 Å². The van der Waals surface area contributed by atoms with Gasteiger partial charge in [-0.25, -0.2) is 18.6 Å². The highest BCUT2D eigenvalue weighted by molar-refractivity contribution is 9.11. The molecule has 1 aromatic heterocycles. The van der Waals surface area contributed by atoms with E-state index < -0.39 is 12.4 Å². The Morgan fingerprint density at radius 3 is 2.78 bits per heavy atom. The molecule has 1 heterocycles. The zero-order chi connectivity index (χ0) is 13.3. The molecule has 0 bridgehead atoms. The number of aromatic carboxylic acids is 1. The minimum atomic E-state index is -2.59. The molecule has 0 aliphatic rings. The molecule has 2 rings (SSSR count). The maximum atomic E-state index is 12.6. The second-order valence-electron chi connectivity index (χ2n) is 3.38. The maximum absolute atomic E-state index is 12.6. The topological polar surface area (TPSA) is 50.2 Å². The number of nitrogens with zero attached hydrogens (tertiary/aromatic N) is 1. The fraction of sp³-hybridized carbons (Fsp3) is 0.0909. The highest BCUT2D eigenvalue weighted by atomic mass is 79.9. The lowest BCUT2D eigenvalue weighted by Gasteiger charge is -2.03. The Kier molecular flexibility index (Phi) is 3.72. The van der Waals surface area contributed by atoms with Crippen molar-refractivity contribution in [2.24, 2.45) is 0 Å². The molecule has 0 unspecified atom stereocenters. The van der Waals surface area contributed by atoms with Gasteiger partial charge in [-0.15, -0.1) is 11.3 Å². The van der Waals surface area contributed by atoms with E-state index >= 15 is 0 Å². The van der Waals surface area contributed by atoms with Gasteiger partial charge < -0.3 is 5.11 Å². The van der Waals surface area contributed by atoms with Crippen LogP contribution in [-0.4, -0.2) is 16.1 Å². The van der Waals surface area contributed by atoms with E-state index in [2.05, 4.69) is 20.9 Å². The van der Waals surface area contributed by atoms with Gasteiger partial charge in [0.1, 0.15) is 0 Å². The highest BCUT2D eigenvalue weighted by Crippen LogP contribution is 2.34. The number of carbonyl (C=O) groups is 1. The van der Waals surface area contributed by atoms with Crippen LogP contribution >= 0.6 is 27.3 Å². The molecule has 0 aliphatic heterocycles. The lowest BCUT2D eigenvalue weighted by atomic mass is 10.1.